The molecular weight excluding hydrogens is 487 g/mol. The van der Waals surface area contributed by atoms with Crippen molar-refractivity contribution >= 4 is 27.3 Å². The van der Waals surface area contributed by atoms with Gasteiger partial charge in [-0.1, -0.05) is 6.92 Å². The molecule has 0 saturated carbocycles. The Morgan fingerprint density at radius 3 is 2.46 bits per heavy atom. The highest BCUT2D eigenvalue weighted by Gasteiger charge is 2.37. The number of aryl methyl sites for hydroxylation is 1. The summed E-state index contributed by atoms with van der Waals surface area (Å²) in [5, 5.41) is 2.90. The van der Waals surface area contributed by atoms with Gasteiger partial charge < -0.3 is 15.0 Å². The normalized spacial score (nSPS) is 14.7. The maximum absolute atomic E-state index is 13.7. The first kappa shape index (κ1) is 24.7. The third-order valence-corrected chi connectivity index (χ3v) is 6.81. The predicted octanol–water partition coefficient (Wildman–Crippen LogP) is 3.03. The number of rotatable bonds is 6. The lowest BCUT2D eigenvalue weighted by Gasteiger charge is -2.27. The van der Waals surface area contributed by atoms with Crippen molar-refractivity contribution in [1.29, 1.82) is 0 Å². The number of nitrogens with zero attached hydrogens (tertiary/aromatic N) is 6. The summed E-state index contributed by atoms with van der Waals surface area (Å²) in [4.78, 5) is 22.1. The van der Waals surface area contributed by atoms with Gasteiger partial charge in [-0.05, 0) is 19.1 Å². The lowest BCUT2D eigenvalue weighted by Crippen LogP contribution is -2.37. The Labute approximate surface area is 199 Å². The first-order chi connectivity index (χ1) is 16.6. The van der Waals surface area contributed by atoms with Gasteiger partial charge in [-0.25, -0.2) is 28.4 Å². The minimum atomic E-state index is -4.72. The standard InChI is InChI=1S/C21H22F3N7O3S/c1-3-35(32,33)18-5-4-14(11-26-18)28-17-10-16(29-20(30-17)31-6-8-34-9-7-31)15-12-25-13(2)27-19(15)21(22,23)24/h4-5,10-12H,3,6-9H2,1-2H3,(H,28,29,30). The highest BCUT2D eigenvalue weighted by atomic mass is 32.2. The summed E-state index contributed by atoms with van der Waals surface area (Å²) in [7, 11) is -3.48. The Hall–Kier alpha value is -3.39. The molecule has 14 heteroatoms. The summed E-state index contributed by atoms with van der Waals surface area (Å²) < 4.78 is 70.6. The largest absolute Gasteiger partial charge is 0.434 e. The van der Waals surface area contributed by atoms with E-state index in [0.29, 0.717) is 32.0 Å². The van der Waals surface area contributed by atoms with E-state index in [-0.39, 0.29) is 39.6 Å². The molecule has 4 heterocycles. The number of ether oxygens (including phenoxy) is 1. The van der Waals surface area contributed by atoms with Crippen molar-refractivity contribution in [1.82, 2.24) is 24.9 Å². The average molecular weight is 510 g/mol. The second-order valence-corrected chi connectivity index (χ2v) is 9.85. The smallest absolute Gasteiger partial charge is 0.378 e. The number of anilines is 3. The van der Waals surface area contributed by atoms with Gasteiger partial charge in [0, 0.05) is 30.9 Å². The van der Waals surface area contributed by atoms with Crippen molar-refractivity contribution in [3.8, 4) is 11.3 Å². The van der Waals surface area contributed by atoms with Crippen LogP contribution in [0, 0.1) is 6.92 Å². The molecular formula is C21H22F3N7O3S. The Bertz CT molecular complexity index is 1310. The summed E-state index contributed by atoms with van der Waals surface area (Å²) in [6.07, 6.45) is -2.31. The third kappa shape index (κ3) is 5.65. The van der Waals surface area contributed by atoms with E-state index < -0.39 is 21.7 Å². The van der Waals surface area contributed by atoms with Crippen LogP contribution in [0.1, 0.15) is 18.4 Å². The molecule has 186 valence electrons. The number of hydrogen-bond acceptors (Lipinski definition) is 10. The van der Waals surface area contributed by atoms with Gasteiger partial charge in [0.2, 0.25) is 5.95 Å². The molecule has 1 saturated heterocycles. The molecule has 3 aromatic rings. The van der Waals surface area contributed by atoms with Crippen LogP contribution in [0.3, 0.4) is 0 Å². The molecule has 3 aromatic heterocycles. The minimum Gasteiger partial charge on any atom is -0.378 e. The predicted molar refractivity (Wildman–Crippen MR) is 121 cm³/mol. The van der Waals surface area contributed by atoms with Crippen molar-refractivity contribution in [2.24, 2.45) is 0 Å². The molecule has 0 unspecified atom stereocenters. The van der Waals surface area contributed by atoms with Crippen molar-refractivity contribution in [3.63, 3.8) is 0 Å². The van der Waals surface area contributed by atoms with Crippen LogP contribution in [0.15, 0.2) is 35.6 Å². The second-order valence-electron chi connectivity index (χ2n) is 7.63. The van der Waals surface area contributed by atoms with Crippen molar-refractivity contribution in [3.05, 3.63) is 42.1 Å². The summed E-state index contributed by atoms with van der Waals surface area (Å²) in [6, 6.07) is 4.20. The van der Waals surface area contributed by atoms with Crippen LogP contribution in [-0.4, -0.2) is 65.4 Å². The molecule has 0 aromatic carbocycles. The number of nitrogens with one attached hydrogen (secondary N) is 1. The summed E-state index contributed by atoms with van der Waals surface area (Å²) in [5.41, 5.74) is -1.01. The Morgan fingerprint density at radius 2 is 1.83 bits per heavy atom. The van der Waals surface area contributed by atoms with Gasteiger partial charge in [0.05, 0.1) is 36.5 Å². The van der Waals surface area contributed by atoms with Gasteiger partial charge in [-0.15, -0.1) is 0 Å². The molecule has 0 aliphatic carbocycles. The van der Waals surface area contributed by atoms with Gasteiger partial charge in [0.1, 0.15) is 11.6 Å². The van der Waals surface area contributed by atoms with Gasteiger partial charge in [0.25, 0.3) is 0 Å². The van der Waals surface area contributed by atoms with E-state index in [1.807, 2.05) is 0 Å². The number of pyridine rings is 1. The highest BCUT2D eigenvalue weighted by molar-refractivity contribution is 7.91. The quantitative estimate of drug-likeness (QED) is 0.530. The molecule has 0 amide bonds. The lowest BCUT2D eigenvalue weighted by molar-refractivity contribution is -0.140. The molecule has 0 radical (unpaired) electrons. The molecule has 1 fully saturated rings. The van der Waals surface area contributed by atoms with Crippen molar-refractivity contribution in [2.45, 2.75) is 25.0 Å². The van der Waals surface area contributed by atoms with E-state index in [1.165, 1.54) is 38.2 Å². The van der Waals surface area contributed by atoms with Crippen LogP contribution in [0.5, 0.6) is 0 Å². The number of morpholine rings is 1. The van der Waals surface area contributed by atoms with Crippen LogP contribution in [0.25, 0.3) is 11.3 Å². The Morgan fingerprint density at radius 1 is 1.09 bits per heavy atom. The first-order valence-corrected chi connectivity index (χ1v) is 12.3. The van der Waals surface area contributed by atoms with E-state index >= 15 is 0 Å². The number of halogens is 3. The van der Waals surface area contributed by atoms with Gasteiger partial charge in [-0.2, -0.15) is 18.2 Å². The number of aromatic nitrogens is 5. The highest BCUT2D eigenvalue weighted by Crippen LogP contribution is 2.36. The maximum Gasteiger partial charge on any atom is 0.434 e. The fourth-order valence-corrected chi connectivity index (χ4v) is 4.13. The fourth-order valence-electron chi connectivity index (χ4n) is 3.35. The van der Waals surface area contributed by atoms with Crippen molar-refractivity contribution < 1.29 is 26.3 Å². The molecule has 1 aliphatic rings. The monoisotopic (exact) mass is 509 g/mol. The fraction of sp³-hybridized carbons (Fsp3) is 0.381. The SMILES string of the molecule is CCS(=O)(=O)c1ccc(Nc2cc(-c3cnc(C)nc3C(F)(F)F)nc(N3CCOCC3)n2)cn1. The molecule has 1 aliphatic heterocycles. The molecule has 0 spiro atoms. The van der Waals surface area contributed by atoms with Crippen molar-refractivity contribution in [2.75, 3.05) is 42.3 Å². The molecule has 0 bridgehead atoms. The van der Waals surface area contributed by atoms with Crippen LogP contribution < -0.4 is 10.2 Å². The molecule has 35 heavy (non-hydrogen) atoms. The van der Waals surface area contributed by atoms with E-state index in [0.717, 1.165) is 6.20 Å². The van der Waals surface area contributed by atoms with E-state index in [1.54, 1.807) is 4.90 Å². The summed E-state index contributed by atoms with van der Waals surface area (Å²) in [6.45, 7) is 4.67. The third-order valence-electron chi connectivity index (χ3n) is 5.17. The Balaban J connectivity index is 1.77. The van der Waals surface area contributed by atoms with Gasteiger partial charge in [-0.3, -0.25) is 0 Å². The number of sulfone groups is 1. The van der Waals surface area contributed by atoms with E-state index in [4.69, 9.17) is 4.74 Å². The topological polar surface area (TPSA) is 123 Å². The zero-order valence-corrected chi connectivity index (χ0v) is 19.7. The average Bonchev–Trinajstić information content (AvgIpc) is 2.84. The lowest BCUT2D eigenvalue weighted by atomic mass is 10.1. The molecule has 4 rings (SSSR count). The van der Waals surface area contributed by atoms with Gasteiger partial charge in [0.15, 0.2) is 20.6 Å². The summed E-state index contributed by atoms with van der Waals surface area (Å²) in [5.74, 6) is 0.291. The molecule has 0 atom stereocenters. The Kier molecular flexibility index (Phi) is 6.85. The first-order valence-electron chi connectivity index (χ1n) is 10.7. The van der Waals surface area contributed by atoms with Crippen LogP contribution in [0.4, 0.5) is 30.6 Å². The zero-order chi connectivity index (χ0) is 25.2. The molecule has 10 nitrogen and oxygen atoms in total. The maximum atomic E-state index is 13.7. The van der Waals surface area contributed by atoms with Crippen LogP contribution >= 0.6 is 0 Å². The van der Waals surface area contributed by atoms with E-state index in [2.05, 4.69) is 30.2 Å². The second kappa shape index (κ2) is 9.70. The number of alkyl halides is 3. The molecule has 1 N–H and O–H groups in total. The van der Waals surface area contributed by atoms with E-state index in [9.17, 15) is 21.6 Å². The number of hydrogen-bond donors (Lipinski definition) is 1. The summed E-state index contributed by atoms with van der Waals surface area (Å²) >= 11 is 0. The zero-order valence-electron chi connectivity index (χ0n) is 18.9. The van der Waals surface area contributed by atoms with Crippen LogP contribution in [0.2, 0.25) is 0 Å². The van der Waals surface area contributed by atoms with Crippen LogP contribution in [-0.2, 0) is 20.8 Å². The minimum absolute atomic E-state index is 0.0184. The van der Waals surface area contributed by atoms with Gasteiger partial charge >= 0.3 is 6.18 Å².